The molecule has 1 aromatic rings. The van der Waals surface area contributed by atoms with E-state index in [1.165, 1.54) is 0 Å². The van der Waals surface area contributed by atoms with Crippen LogP contribution in [0.15, 0.2) is 18.3 Å². The number of rotatable bonds is 2. The first kappa shape index (κ1) is 10.9. The van der Waals surface area contributed by atoms with Crippen LogP contribution in [-0.2, 0) is 4.79 Å². The van der Waals surface area contributed by atoms with Gasteiger partial charge in [-0.15, -0.1) is 0 Å². The van der Waals surface area contributed by atoms with Gasteiger partial charge in [0.15, 0.2) is 0 Å². The van der Waals surface area contributed by atoms with Crippen molar-refractivity contribution in [3.63, 3.8) is 0 Å². The molecular weight excluding hydrogens is 202 g/mol. The molecule has 0 fully saturated rings. The minimum atomic E-state index is 0.0224. The monoisotopic (exact) mass is 219 g/mol. The molecular formula is C12H17N3O. The van der Waals surface area contributed by atoms with Gasteiger partial charge in [0, 0.05) is 12.7 Å². The maximum absolute atomic E-state index is 11.9. The van der Waals surface area contributed by atoms with E-state index in [-0.39, 0.29) is 11.8 Å². The molecule has 1 aromatic heterocycles. The van der Waals surface area contributed by atoms with Crippen molar-refractivity contribution < 1.29 is 4.79 Å². The lowest BCUT2D eigenvalue weighted by Crippen LogP contribution is -2.27. The number of fused-ring (bicyclic) bond motifs is 1. The van der Waals surface area contributed by atoms with Crippen LogP contribution >= 0.6 is 0 Å². The smallest absolute Gasteiger partial charge is 0.229 e. The lowest BCUT2D eigenvalue weighted by atomic mass is 9.96. The van der Waals surface area contributed by atoms with E-state index in [1.54, 1.807) is 6.20 Å². The molecule has 1 amide bonds. The molecule has 2 rings (SSSR count). The Balaban J connectivity index is 2.15. The van der Waals surface area contributed by atoms with Crippen molar-refractivity contribution in [3.05, 3.63) is 18.3 Å². The Bertz CT molecular complexity index is 390. The molecule has 2 N–H and O–H groups in total. The van der Waals surface area contributed by atoms with Gasteiger partial charge in [0.05, 0.1) is 11.6 Å². The third kappa shape index (κ3) is 2.32. The molecule has 0 radical (unpaired) electrons. The summed E-state index contributed by atoms with van der Waals surface area (Å²) in [5.74, 6) is 1.40. The van der Waals surface area contributed by atoms with Crippen LogP contribution in [0.2, 0.25) is 0 Å². The van der Waals surface area contributed by atoms with Crippen molar-refractivity contribution >= 4 is 17.4 Å². The van der Waals surface area contributed by atoms with Gasteiger partial charge in [0.25, 0.3) is 0 Å². The summed E-state index contributed by atoms with van der Waals surface area (Å²) in [6.45, 7) is 4.92. The highest BCUT2D eigenvalue weighted by Crippen LogP contribution is 2.24. The lowest BCUT2D eigenvalue weighted by Gasteiger charge is -2.14. The zero-order valence-electron chi connectivity index (χ0n) is 9.66. The summed E-state index contributed by atoms with van der Waals surface area (Å²) in [7, 11) is 0. The Hall–Kier alpha value is -1.58. The van der Waals surface area contributed by atoms with Crippen LogP contribution in [-0.4, -0.2) is 17.4 Å². The first-order valence-corrected chi connectivity index (χ1v) is 5.66. The molecule has 1 atom stereocenters. The third-order valence-corrected chi connectivity index (χ3v) is 2.71. The molecule has 1 aliphatic heterocycles. The molecule has 0 bridgehead atoms. The van der Waals surface area contributed by atoms with E-state index in [9.17, 15) is 4.79 Å². The first-order valence-electron chi connectivity index (χ1n) is 5.66. The van der Waals surface area contributed by atoms with Gasteiger partial charge < -0.3 is 10.6 Å². The van der Waals surface area contributed by atoms with E-state index in [1.807, 2.05) is 12.1 Å². The predicted octanol–water partition coefficient (Wildman–Crippen LogP) is 2.11. The number of pyridine rings is 1. The van der Waals surface area contributed by atoms with Crippen LogP contribution in [0.4, 0.5) is 11.5 Å². The standard InChI is InChI=1S/C12H17N3O/c1-8(2)6-9-7-14-11-10(15-12(9)16)4-3-5-13-11/h3-5,8-9H,6-7H2,1-2H3,(H,13,14)(H,15,16). The zero-order chi connectivity index (χ0) is 11.5. The summed E-state index contributed by atoms with van der Waals surface area (Å²) in [5.41, 5.74) is 0.777. The fraction of sp³-hybridized carbons (Fsp3) is 0.500. The Labute approximate surface area is 95.5 Å². The minimum Gasteiger partial charge on any atom is -0.368 e. The Kier molecular flexibility index (Phi) is 3.08. The second kappa shape index (κ2) is 4.51. The van der Waals surface area contributed by atoms with Gasteiger partial charge in [-0.25, -0.2) is 4.98 Å². The quantitative estimate of drug-likeness (QED) is 0.801. The van der Waals surface area contributed by atoms with Crippen LogP contribution in [0.1, 0.15) is 20.3 Å². The number of carbonyl (C=O) groups is 1. The molecule has 2 heterocycles. The summed E-state index contributed by atoms with van der Waals surface area (Å²) in [5, 5.41) is 6.13. The number of anilines is 2. The molecule has 0 saturated carbocycles. The first-order chi connectivity index (χ1) is 7.66. The van der Waals surface area contributed by atoms with Crippen molar-refractivity contribution in [2.45, 2.75) is 20.3 Å². The van der Waals surface area contributed by atoms with Gasteiger partial charge in [-0.1, -0.05) is 13.8 Å². The van der Waals surface area contributed by atoms with Crippen LogP contribution in [0, 0.1) is 11.8 Å². The van der Waals surface area contributed by atoms with Crippen LogP contribution in [0.3, 0.4) is 0 Å². The molecule has 16 heavy (non-hydrogen) atoms. The lowest BCUT2D eigenvalue weighted by molar-refractivity contribution is -0.119. The number of amides is 1. The van der Waals surface area contributed by atoms with Crippen molar-refractivity contribution in [2.24, 2.45) is 11.8 Å². The number of hydrogen-bond acceptors (Lipinski definition) is 3. The second-order valence-electron chi connectivity index (χ2n) is 4.60. The van der Waals surface area contributed by atoms with E-state index in [2.05, 4.69) is 29.5 Å². The average molecular weight is 219 g/mol. The second-order valence-corrected chi connectivity index (χ2v) is 4.60. The summed E-state index contributed by atoms with van der Waals surface area (Å²) in [4.78, 5) is 16.1. The molecule has 0 aliphatic carbocycles. The van der Waals surface area contributed by atoms with E-state index < -0.39 is 0 Å². The van der Waals surface area contributed by atoms with Gasteiger partial charge in [0.2, 0.25) is 5.91 Å². The molecule has 0 spiro atoms. The normalized spacial score (nSPS) is 19.7. The molecule has 4 heteroatoms. The SMILES string of the molecule is CC(C)CC1CNc2ncccc2NC1=O. The number of aromatic nitrogens is 1. The Morgan fingerprint density at radius 3 is 3.12 bits per heavy atom. The number of hydrogen-bond donors (Lipinski definition) is 2. The minimum absolute atomic E-state index is 0.0224. The van der Waals surface area contributed by atoms with Crippen LogP contribution < -0.4 is 10.6 Å². The summed E-state index contributed by atoms with van der Waals surface area (Å²) >= 11 is 0. The number of nitrogens with zero attached hydrogens (tertiary/aromatic N) is 1. The summed E-state index contributed by atoms with van der Waals surface area (Å²) in [6.07, 6.45) is 2.62. The largest absolute Gasteiger partial charge is 0.368 e. The Morgan fingerprint density at radius 2 is 2.38 bits per heavy atom. The number of nitrogens with one attached hydrogen (secondary N) is 2. The van der Waals surface area contributed by atoms with Gasteiger partial charge in [0.1, 0.15) is 5.82 Å². The van der Waals surface area contributed by atoms with E-state index in [4.69, 9.17) is 0 Å². The van der Waals surface area contributed by atoms with E-state index >= 15 is 0 Å². The summed E-state index contributed by atoms with van der Waals surface area (Å²) < 4.78 is 0. The van der Waals surface area contributed by atoms with Crippen molar-refractivity contribution in [2.75, 3.05) is 17.2 Å². The van der Waals surface area contributed by atoms with E-state index in [0.717, 1.165) is 17.9 Å². The highest BCUT2D eigenvalue weighted by Gasteiger charge is 2.24. The highest BCUT2D eigenvalue weighted by molar-refractivity contribution is 5.96. The fourth-order valence-electron chi connectivity index (χ4n) is 1.95. The molecule has 4 nitrogen and oxygen atoms in total. The zero-order valence-corrected chi connectivity index (χ0v) is 9.66. The maximum Gasteiger partial charge on any atom is 0.229 e. The molecule has 0 aromatic carbocycles. The molecule has 0 saturated heterocycles. The molecule has 1 aliphatic rings. The van der Waals surface area contributed by atoms with Crippen molar-refractivity contribution in [3.8, 4) is 0 Å². The van der Waals surface area contributed by atoms with Gasteiger partial charge in [-0.3, -0.25) is 4.79 Å². The third-order valence-electron chi connectivity index (χ3n) is 2.71. The van der Waals surface area contributed by atoms with Crippen molar-refractivity contribution in [1.82, 2.24) is 4.98 Å². The van der Waals surface area contributed by atoms with Gasteiger partial charge in [-0.2, -0.15) is 0 Å². The predicted molar refractivity (Wildman–Crippen MR) is 64.3 cm³/mol. The summed E-state index contributed by atoms with van der Waals surface area (Å²) in [6, 6.07) is 3.69. The maximum atomic E-state index is 11.9. The van der Waals surface area contributed by atoms with Gasteiger partial charge >= 0.3 is 0 Å². The molecule has 86 valence electrons. The van der Waals surface area contributed by atoms with Crippen molar-refractivity contribution in [1.29, 1.82) is 0 Å². The fourth-order valence-corrected chi connectivity index (χ4v) is 1.95. The van der Waals surface area contributed by atoms with Crippen LogP contribution in [0.5, 0.6) is 0 Å². The topological polar surface area (TPSA) is 54.0 Å². The van der Waals surface area contributed by atoms with Crippen LogP contribution in [0.25, 0.3) is 0 Å². The Morgan fingerprint density at radius 1 is 1.56 bits per heavy atom. The molecule has 1 unspecified atom stereocenters. The highest BCUT2D eigenvalue weighted by atomic mass is 16.1. The number of carbonyl (C=O) groups excluding carboxylic acids is 1. The average Bonchev–Trinajstić information content (AvgIpc) is 2.39. The van der Waals surface area contributed by atoms with E-state index in [0.29, 0.717) is 12.5 Å². The van der Waals surface area contributed by atoms with Gasteiger partial charge in [-0.05, 0) is 24.5 Å².